The number of hydrogen-bond acceptors (Lipinski definition) is 3. The normalized spacial score (nSPS) is 9.09. The van der Waals surface area contributed by atoms with Crippen LogP contribution in [0.5, 0.6) is 0 Å². The molecule has 0 aliphatic carbocycles. The van der Waals surface area contributed by atoms with Crippen molar-refractivity contribution >= 4 is 11.5 Å². The average molecular weight is 149 g/mol. The number of rotatable bonds is 2. The molecule has 2 N–H and O–H groups in total. The molecule has 1 aromatic rings. The second kappa shape index (κ2) is 2.92. The Morgan fingerprint density at radius 2 is 2.36 bits per heavy atom. The maximum atomic E-state index is 10.6. The van der Waals surface area contributed by atoms with Crippen LogP contribution in [0.3, 0.4) is 0 Å². The van der Waals surface area contributed by atoms with Gasteiger partial charge in [0, 0.05) is 6.20 Å². The van der Waals surface area contributed by atoms with Gasteiger partial charge in [-0.3, -0.25) is 4.79 Å². The highest BCUT2D eigenvalue weighted by atomic mass is 16.1. The van der Waals surface area contributed by atoms with Crippen molar-refractivity contribution in [3.63, 3.8) is 0 Å². The summed E-state index contributed by atoms with van der Waals surface area (Å²) in [7, 11) is 0. The molecule has 0 fully saturated rings. The Labute approximate surface area is 63.8 Å². The third kappa shape index (κ3) is 1.61. The molecule has 1 heterocycles. The first-order chi connectivity index (χ1) is 5.22. The first-order valence-electron chi connectivity index (χ1n) is 2.97. The Kier molecular flexibility index (Phi) is 1.96. The highest BCUT2D eigenvalue weighted by Crippen LogP contribution is 2.04. The van der Waals surface area contributed by atoms with E-state index in [9.17, 15) is 4.79 Å². The van der Waals surface area contributed by atoms with Crippen molar-refractivity contribution in [1.29, 1.82) is 0 Å². The highest BCUT2D eigenvalue weighted by Gasteiger charge is 2.04. The number of carbonyl (C=O) groups excluding carboxylic acids is 1. The summed E-state index contributed by atoms with van der Waals surface area (Å²) in [6, 6.07) is 1.58. The zero-order valence-electron chi connectivity index (χ0n) is 5.82. The molecular weight excluding hydrogens is 142 g/mol. The van der Waals surface area contributed by atoms with E-state index >= 15 is 0 Å². The van der Waals surface area contributed by atoms with Crippen molar-refractivity contribution in [3.8, 4) is 0 Å². The number of amides is 1. The predicted molar refractivity (Wildman–Crippen MR) is 40.3 cm³/mol. The Morgan fingerprint density at radius 3 is 2.82 bits per heavy atom. The van der Waals surface area contributed by atoms with Gasteiger partial charge in [-0.15, -0.1) is 0 Å². The van der Waals surface area contributed by atoms with Crippen molar-refractivity contribution < 1.29 is 4.79 Å². The number of primary amides is 1. The molecule has 0 radical (unpaired) electrons. The average Bonchev–Trinajstić information content (AvgIpc) is 2.05. The number of nitrogens with two attached hydrogens (primary N) is 1. The highest BCUT2D eigenvalue weighted by molar-refractivity contribution is 6.17. The van der Waals surface area contributed by atoms with Gasteiger partial charge in [0.1, 0.15) is 6.33 Å². The van der Waals surface area contributed by atoms with Gasteiger partial charge < -0.3 is 5.73 Å². The lowest BCUT2D eigenvalue weighted by Gasteiger charge is -1.96. The molecule has 56 valence electrons. The molecular formula is C7H7N3O. The van der Waals surface area contributed by atoms with Crippen molar-refractivity contribution in [2.75, 3.05) is 0 Å². The quantitative estimate of drug-likeness (QED) is 0.600. The second-order valence-corrected chi connectivity index (χ2v) is 1.94. The van der Waals surface area contributed by atoms with Crippen molar-refractivity contribution in [2.45, 2.75) is 0 Å². The Bertz CT molecular complexity index is 281. The summed E-state index contributed by atoms with van der Waals surface area (Å²) in [5, 5.41) is 0. The van der Waals surface area contributed by atoms with E-state index in [1.807, 2.05) is 0 Å². The second-order valence-electron chi connectivity index (χ2n) is 1.94. The van der Waals surface area contributed by atoms with Crippen LogP contribution in [0.2, 0.25) is 0 Å². The molecule has 0 aliphatic heterocycles. The first kappa shape index (κ1) is 7.40. The largest absolute Gasteiger partial charge is 0.366 e. The van der Waals surface area contributed by atoms with Crippen LogP contribution in [0.1, 0.15) is 5.69 Å². The maximum absolute atomic E-state index is 10.6. The summed E-state index contributed by atoms with van der Waals surface area (Å²) in [5.41, 5.74) is 5.64. The molecule has 1 rings (SSSR count). The van der Waals surface area contributed by atoms with Crippen LogP contribution < -0.4 is 5.73 Å². The van der Waals surface area contributed by atoms with Gasteiger partial charge in [0.25, 0.3) is 0 Å². The molecule has 1 amide bonds. The smallest absolute Gasteiger partial charge is 0.250 e. The van der Waals surface area contributed by atoms with E-state index in [2.05, 4.69) is 16.5 Å². The molecule has 0 aromatic carbocycles. The van der Waals surface area contributed by atoms with Gasteiger partial charge in [-0.05, 0) is 6.07 Å². The van der Waals surface area contributed by atoms with Crippen LogP contribution in [0.25, 0.3) is 5.57 Å². The van der Waals surface area contributed by atoms with Gasteiger partial charge in [-0.25, -0.2) is 9.97 Å². The maximum Gasteiger partial charge on any atom is 0.250 e. The molecule has 0 unspecified atom stereocenters. The van der Waals surface area contributed by atoms with E-state index in [1.165, 1.54) is 12.5 Å². The molecule has 4 nitrogen and oxygen atoms in total. The third-order valence-corrected chi connectivity index (χ3v) is 1.19. The van der Waals surface area contributed by atoms with Crippen molar-refractivity contribution in [2.24, 2.45) is 5.73 Å². The summed E-state index contributed by atoms with van der Waals surface area (Å²) in [5.74, 6) is -0.566. The minimum atomic E-state index is -0.566. The summed E-state index contributed by atoms with van der Waals surface area (Å²) in [4.78, 5) is 18.0. The van der Waals surface area contributed by atoms with Crippen LogP contribution >= 0.6 is 0 Å². The minimum Gasteiger partial charge on any atom is -0.366 e. The fourth-order valence-corrected chi connectivity index (χ4v) is 0.595. The molecule has 0 spiro atoms. The Hall–Kier alpha value is -1.71. The molecule has 0 aliphatic rings. The van der Waals surface area contributed by atoms with Crippen LogP contribution in [-0.4, -0.2) is 15.9 Å². The monoisotopic (exact) mass is 149 g/mol. The van der Waals surface area contributed by atoms with Gasteiger partial charge in [-0.2, -0.15) is 0 Å². The summed E-state index contributed by atoms with van der Waals surface area (Å²) >= 11 is 0. The van der Waals surface area contributed by atoms with Crippen molar-refractivity contribution in [3.05, 3.63) is 30.9 Å². The van der Waals surface area contributed by atoms with Gasteiger partial charge in [0.2, 0.25) is 5.91 Å². The topological polar surface area (TPSA) is 68.9 Å². The van der Waals surface area contributed by atoms with Gasteiger partial charge in [0.15, 0.2) is 0 Å². The van der Waals surface area contributed by atoms with Crippen LogP contribution in [-0.2, 0) is 4.79 Å². The fraction of sp³-hybridized carbons (Fsp3) is 0. The van der Waals surface area contributed by atoms with E-state index in [1.54, 1.807) is 6.07 Å². The van der Waals surface area contributed by atoms with Crippen LogP contribution in [0, 0.1) is 0 Å². The molecule has 11 heavy (non-hydrogen) atoms. The number of carbonyl (C=O) groups is 1. The molecule has 4 heteroatoms. The van der Waals surface area contributed by atoms with Gasteiger partial charge in [0.05, 0.1) is 11.3 Å². The standard InChI is InChI=1S/C7H7N3O/c1-5(7(8)11)6-2-3-9-4-10-6/h2-4H,1H2,(H2,8,11). The summed E-state index contributed by atoms with van der Waals surface area (Å²) in [6.07, 6.45) is 2.86. The number of hydrogen-bond donors (Lipinski definition) is 1. The SMILES string of the molecule is C=C(C(N)=O)c1ccncn1. The Balaban J connectivity index is 2.95. The zero-order valence-corrected chi connectivity index (χ0v) is 5.82. The zero-order chi connectivity index (χ0) is 8.27. The lowest BCUT2D eigenvalue weighted by molar-refractivity contribution is -0.112. The van der Waals surface area contributed by atoms with Crippen LogP contribution in [0.4, 0.5) is 0 Å². The van der Waals surface area contributed by atoms with E-state index in [0.717, 1.165) is 0 Å². The van der Waals surface area contributed by atoms with Gasteiger partial charge in [-0.1, -0.05) is 6.58 Å². The molecule has 0 saturated carbocycles. The van der Waals surface area contributed by atoms with E-state index in [0.29, 0.717) is 5.69 Å². The van der Waals surface area contributed by atoms with Crippen LogP contribution in [0.15, 0.2) is 25.2 Å². The Morgan fingerprint density at radius 1 is 1.64 bits per heavy atom. The van der Waals surface area contributed by atoms with Crippen molar-refractivity contribution in [1.82, 2.24) is 9.97 Å². The molecule has 0 atom stereocenters. The minimum absolute atomic E-state index is 0.201. The number of aromatic nitrogens is 2. The third-order valence-electron chi connectivity index (χ3n) is 1.19. The van der Waals surface area contributed by atoms with E-state index in [-0.39, 0.29) is 5.57 Å². The lowest BCUT2D eigenvalue weighted by Crippen LogP contribution is -2.12. The predicted octanol–water partition coefficient (Wildman–Crippen LogP) is -0.0249. The molecule has 0 bridgehead atoms. The lowest BCUT2D eigenvalue weighted by atomic mass is 10.2. The first-order valence-corrected chi connectivity index (χ1v) is 2.97. The molecule has 1 aromatic heterocycles. The van der Waals surface area contributed by atoms with E-state index in [4.69, 9.17) is 5.73 Å². The molecule has 0 saturated heterocycles. The number of nitrogens with zero attached hydrogens (tertiary/aromatic N) is 2. The summed E-state index contributed by atoms with van der Waals surface area (Å²) in [6.45, 7) is 3.46. The fourth-order valence-electron chi connectivity index (χ4n) is 0.595. The van der Waals surface area contributed by atoms with E-state index < -0.39 is 5.91 Å². The summed E-state index contributed by atoms with van der Waals surface area (Å²) < 4.78 is 0. The van der Waals surface area contributed by atoms with Gasteiger partial charge >= 0.3 is 0 Å².